The third-order valence-corrected chi connectivity index (χ3v) is 1.60. The number of rotatable bonds is 1. The van der Waals surface area contributed by atoms with Gasteiger partial charge < -0.3 is 11.5 Å². The van der Waals surface area contributed by atoms with Gasteiger partial charge in [0, 0.05) is 5.69 Å². The number of halogens is 1. The maximum absolute atomic E-state index is 12.8. The summed E-state index contributed by atoms with van der Waals surface area (Å²) in [5.41, 5.74) is 10.9. The highest BCUT2D eigenvalue weighted by atomic mass is 19.1. The fraction of sp³-hybridized carbons (Fsp3) is 0.125. The zero-order valence-corrected chi connectivity index (χ0v) is 6.60. The van der Waals surface area contributed by atoms with Crippen molar-refractivity contribution in [3.8, 4) is 0 Å². The summed E-state index contributed by atoms with van der Waals surface area (Å²) in [6.45, 7) is 1.54. The molecule has 0 aliphatic rings. The number of carbonyl (C=O) groups is 1. The molecule has 0 bridgehead atoms. The Labute approximate surface area is 69.2 Å². The summed E-state index contributed by atoms with van der Waals surface area (Å²) in [6, 6.07) is 2.43. The molecule has 4 heteroatoms. The number of carbonyl (C=O) groups excluding carboxylic acids is 1. The Morgan fingerprint density at radius 3 is 2.58 bits per heavy atom. The van der Waals surface area contributed by atoms with Gasteiger partial charge in [0.05, 0.1) is 5.56 Å². The van der Waals surface area contributed by atoms with Crippen LogP contribution in [0.2, 0.25) is 0 Å². The van der Waals surface area contributed by atoms with Gasteiger partial charge in [0.15, 0.2) is 0 Å². The average Bonchev–Trinajstić information content (AvgIpc) is 1.96. The number of nitrogen functional groups attached to an aromatic ring is 1. The van der Waals surface area contributed by atoms with Gasteiger partial charge in [-0.3, -0.25) is 4.79 Å². The molecule has 1 aromatic carbocycles. The number of nitrogens with two attached hydrogens (primary N) is 2. The minimum Gasteiger partial charge on any atom is -0.398 e. The molecule has 0 aliphatic heterocycles. The summed E-state index contributed by atoms with van der Waals surface area (Å²) < 4.78 is 12.8. The van der Waals surface area contributed by atoms with Crippen molar-refractivity contribution in [2.24, 2.45) is 5.73 Å². The van der Waals surface area contributed by atoms with Crippen molar-refractivity contribution < 1.29 is 9.18 Å². The van der Waals surface area contributed by atoms with E-state index in [-0.39, 0.29) is 11.3 Å². The number of anilines is 1. The summed E-state index contributed by atoms with van der Waals surface area (Å²) in [6.07, 6.45) is 0. The van der Waals surface area contributed by atoms with E-state index in [4.69, 9.17) is 11.5 Å². The van der Waals surface area contributed by atoms with E-state index < -0.39 is 11.7 Å². The number of aryl methyl sites for hydroxylation is 1. The lowest BCUT2D eigenvalue weighted by molar-refractivity contribution is 0.100. The summed E-state index contributed by atoms with van der Waals surface area (Å²) >= 11 is 0. The van der Waals surface area contributed by atoms with Gasteiger partial charge in [-0.05, 0) is 24.6 Å². The Hall–Kier alpha value is -1.58. The van der Waals surface area contributed by atoms with Gasteiger partial charge in [0.1, 0.15) is 5.82 Å². The Morgan fingerprint density at radius 1 is 1.50 bits per heavy atom. The quantitative estimate of drug-likeness (QED) is 0.609. The predicted octanol–water partition coefficient (Wildman–Crippen LogP) is 0.815. The Bertz CT molecular complexity index is 336. The Kier molecular flexibility index (Phi) is 1.99. The van der Waals surface area contributed by atoms with E-state index in [2.05, 4.69) is 0 Å². The van der Waals surface area contributed by atoms with Crippen LogP contribution in [0.1, 0.15) is 15.9 Å². The van der Waals surface area contributed by atoms with Crippen LogP contribution in [0, 0.1) is 12.7 Å². The van der Waals surface area contributed by atoms with Gasteiger partial charge in [-0.2, -0.15) is 0 Å². The van der Waals surface area contributed by atoms with E-state index in [1.165, 1.54) is 6.07 Å². The molecular weight excluding hydrogens is 159 g/mol. The maximum Gasteiger partial charge on any atom is 0.250 e. The lowest BCUT2D eigenvalue weighted by Gasteiger charge is -2.03. The molecule has 0 unspecified atom stereocenters. The molecule has 0 radical (unpaired) electrons. The second-order valence-electron chi connectivity index (χ2n) is 2.55. The average molecular weight is 168 g/mol. The molecule has 0 heterocycles. The second kappa shape index (κ2) is 2.81. The van der Waals surface area contributed by atoms with Gasteiger partial charge in [-0.25, -0.2) is 4.39 Å². The van der Waals surface area contributed by atoms with E-state index in [0.29, 0.717) is 5.56 Å². The van der Waals surface area contributed by atoms with E-state index in [1.54, 1.807) is 6.92 Å². The van der Waals surface area contributed by atoms with Crippen LogP contribution in [0.25, 0.3) is 0 Å². The minimum atomic E-state index is -0.643. The fourth-order valence-corrected chi connectivity index (χ4v) is 0.910. The number of hydrogen-bond acceptors (Lipinski definition) is 2. The summed E-state index contributed by atoms with van der Waals surface area (Å²) in [7, 11) is 0. The molecule has 0 saturated carbocycles. The van der Waals surface area contributed by atoms with Crippen LogP contribution < -0.4 is 11.5 Å². The standard InChI is InChI=1S/C8H9FN2O/c1-4-2-5(8(11)12)7(10)3-6(4)9/h2-3H,10H2,1H3,(H2,11,12). The molecule has 12 heavy (non-hydrogen) atoms. The number of amides is 1. The van der Waals surface area contributed by atoms with Gasteiger partial charge in [-0.1, -0.05) is 0 Å². The highest BCUT2D eigenvalue weighted by molar-refractivity contribution is 5.98. The molecule has 0 aliphatic carbocycles. The van der Waals surface area contributed by atoms with Crippen molar-refractivity contribution in [2.45, 2.75) is 6.92 Å². The fourth-order valence-electron chi connectivity index (χ4n) is 0.910. The smallest absolute Gasteiger partial charge is 0.250 e. The van der Waals surface area contributed by atoms with Gasteiger partial charge in [0.25, 0.3) is 5.91 Å². The van der Waals surface area contributed by atoms with Crippen LogP contribution >= 0.6 is 0 Å². The Balaban J connectivity index is 3.33. The number of hydrogen-bond donors (Lipinski definition) is 2. The molecule has 0 spiro atoms. The molecular formula is C8H9FN2O. The third kappa shape index (κ3) is 1.37. The first kappa shape index (κ1) is 8.52. The zero-order chi connectivity index (χ0) is 9.30. The first-order valence-corrected chi connectivity index (χ1v) is 3.38. The van der Waals surface area contributed by atoms with Crippen molar-refractivity contribution in [2.75, 3.05) is 5.73 Å². The van der Waals surface area contributed by atoms with Crippen molar-refractivity contribution in [1.82, 2.24) is 0 Å². The van der Waals surface area contributed by atoms with Gasteiger partial charge in [-0.15, -0.1) is 0 Å². The minimum absolute atomic E-state index is 0.0746. The van der Waals surface area contributed by atoms with Gasteiger partial charge >= 0.3 is 0 Å². The van der Waals surface area contributed by atoms with E-state index in [0.717, 1.165) is 6.07 Å². The summed E-state index contributed by atoms with van der Waals surface area (Å²) in [4.78, 5) is 10.7. The SMILES string of the molecule is Cc1cc(C(N)=O)c(N)cc1F. The highest BCUT2D eigenvalue weighted by Gasteiger charge is 2.08. The molecule has 64 valence electrons. The molecule has 1 amide bonds. The molecule has 0 fully saturated rings. The number of primary amides is 1. The topological polar surface area (TPSA) is 69.1 Å². The lowest BCUT2D eigenvalue weighted by Crippen LogP contribution is -2.14. The van der Waals surface area contributed by atoms with Crippen LogP contribution in [0.5, 0.6) is 0 Å². The van der Waals surface area contributed by atoms with Crippen LogP contribution in [0.15, 0.2) is 12.1 Å². The lowest BCUT2D eigenvalue weighted by atomic mass is 10.1. The molecule has 0 saturated heterocycles. The van der Waals surface area contributed by atoms with Crippen molar-refractivity contribution >= 4 is 11.6 Å². The van der Waals surface area contributed by atoms with E-state index in [1.807, 2.05) is 0 Å². The van der Waals surface area contributed by atoms with Crippen molar-refractivity contribution in [3.63, 3.8) is 0 Å². The largest absolute Gasteiger partial charge is 0.398 e. The van der Waals surface area contributed by atoms with Crippen LogP contribution in [-0.2, 0) is 0 Å². The molecule has 1 rings (SSSR count). The normalized spacial score (nSPS) is 9.83. The first-order valence-electron chi connectivity index (χ1n) is 3.38. The Morgan fingerprint density at radius 2 is 2.08 bits per heavy atom. The van der Waals surface area contributed by atoms with Crippen molar-refractivity contribution in [3.05, 3.63) is 29.1 Å². The second-order valence-corrected chi connectivity index (χ2v) is 2.55. The van der Waals surface area contributed by atoms with Crippen LogP contribution in [0.3, 0.4) is 0 Å². The van der Waals surface area contributed by atoms with Crippen LogP contribution in [0.4, 0.5) is 10.1 Å². The summed E-state index contributed by atoms with van der Waals surface area (Å²) in [5.74, 6) is -1.08. The maximum atomic E-state index is 12.8. The van der Waals surface area contributed by atoms with E-state index in [9.17, 15) is 9.18 Å². The monoisotopic (exact) mass is 168 g/mol. The summed E-state index contributed by atoms with van der Waals surface area (Å²) in [5, 5.41) is 0. The molecule has 0 atom stereocenters. The van der Waals surface area contributed by atoms with Crippen LogP contribution in [-0.4, -0.2) is 5.91 Å². The van der Waals surface area contributed by atoms with E-state index >= 15 is 0 Å². The first-order chi connectivity index (χ1) is 5.52. The molecule has 3 nitrogen and oxygen atoms in total. The zero-order valence-electron chi connectivity index (χ0n) is 6.60. The number of benzene rings is 1. The molecule has 1 aromatic rings. The third-order valence-electron chi connectivity index (χ3n) is 1.60. The molecule has 0 aromatic heterocycles. The highest BCUT2D eigenvalue weighted by Crippen LogP contribution is 2.16. The molecule has 4 N–H and O–H groups in total. The predicted molar refractivity (Wildman–Crippen MR) is 44.1 cm³/mol. The van der Waals surface area contributed by atoms with Crippen molar-refractivity contribution in [1.29, 1.82) is 0 Å². The van der Waals surface area contributed by atoms with Gasteiger partial charge in [0.2, 0.25) is 0 Å².